The SMILES string of the molecule is CCCOc1cccc(C(=O)N[C@H](C)CN)c1. The van der Waals surface area contributed by atoms with Crippen molar-refractivity contribution in [3.8, 4) is 5.75 Å². The summed E-state index contributed by atoms with van der Waals surface area (Å²) in [6.45, 7) is 5.00. The first-order valence-electron chi connectivity index (χ1n) is 5.91. The quantitative estimate of drug-likeness (QED) is 0.787. The van der Waals surface area contributed by atoms with E-state index in [-0.39, 0.29) is 11.9 Å². The van der Waals surface area contributed by atoms with Gasteiger partial charge in [0.25, 0.3) is 5.91 Å². The number of benzene rings is 1. The van der Waals surface area contributed by atoms with E-state index in [2.05, 4.69) is 5.32 Å². The van der Waals surface area contributed by atoms with Crippen LogP contribution in [0.4, 0.5) is 0 Å². The monoisotopic (exact) mass is 236 g/mol. The molecule has 4 heteroatoms. The van der Waals surface area contributed by atoms with Crippen molar-refractivity contribution in [1.82, 2.24) is 5.32 Å². The van der Waals surface area contributed by atoms with Crippen molar-refractivity contribution in [1.29, 1.82) is 0 Å². The van der Waals surface area contributed by atoms with E-state index in [9.17, 15) is 4.79 Å². The van der Waals surface area contributed by atoms with Crippen molar-refractivity contribution in [2.75, 3.05) is 13.2 Å². The van der Waals surface area contributed by atoms with Crippen LogP contribution in [0.25, 0.3) is 0 Å². The molecule has 0 bridgehead atoms. The van der Waals surface area contributed by atoms with Gasteiger partial charge in [-0.3, -0.25) is 4.79 Å². The molecule has 0 aliphatic rings. The molecule has 0 heterocycles. The van der Waals surface area contributed by atoms with Crippen molar-refractivity contribution >= 4 is 5.91 Å². The van der Waals surface area contributed by atoms with Crippen LogP contribution >= 0.6 is 0 Å². The third-order valence-corrected chi connectivity index (χ3v) is 2.30. The van der Waals surface area contributed by atoms with Crippen molar-refractivity contribution < 1.29 is 9.53 Å². The molecule has 17 heavy (non-hydrogen) atoms. The third kappa shape index (κ3) is 4.44. The molecule has 1 atom stereocenters. The molecule has 0 aliphatic heterocycles. The first kappa shape index (κ1) is 13.5. The van der Waals surface area contributed by atoms with E-state index < -0.39 is 0 Å². The van der Waals surface area contributed by atoms with Crippen LogP contribution in [-0.4, -0.2) is 25.1 Å². The second-order valence-corrected chi connectivity index (χ2v) is 3.99. The van der Waals surface area contributed by atoms with Gasteiger partial charge in [0.15, 0.2) is 0 Å². The van der Waals surface area contributed by atoms with Gasteiger partial charge >= 0.3 is 0 Å². The summed E-state index contributed by atoms with van der Waals surface area (Å²) in [6, 6.07) is 7.14. The Hall–Kier alpha value is -1.55. The van der Waals surface area contributed by atoms with Gasteiger partial charge in [0.1, 0.15) is 5.75 Å². The van der Waals surface area contributed by atoms with Crippen molar-refractivity contribution in [2.45, 2.75) is 26.3 Å². The summed E-state index contributed by atoms with van der Waals surface area (Å²) in [5.74, 6) is 0.602. The largest absolute Gasteiger partial charge is 0.494 e. The predicted molar refractivity (Wildman–Crippen MR) is 68.2 cm³/mol. The average Bonchev–Trinajstić information content (AvgIpc) is 2.36. The summed E-state index contributed by atoms with van der Waals surface area (Å²) in [7, 11) is 0. The normalized spacial score (nSPS) is 11.9. The molecule has 1 aromatic carbocycles. The van der Waals surface area contributed by atoms with E-state index in [0.717, 1.165) is 12.2 Å². The summed E-state index contributed by atoms with van der Waals surface area (Å²) in [5.41, 5.74) is 6.05. The first-order valence-corrected chi connectivity index (χ1v) is 5.91. The molecule has 1 aromatic rings. The standard InChI is InChI=1S/C13H20N2O2/c1-3-7-17-12-6-4-5-11(8-12)13(16)15-10(2)9-14/h4-6,8,10H,3,7,9,14H2,1-2H3,(H,15,16)/t10-/m1/s1. The Bertz CT molecular complexity index is 366. The molecule has 1 amide bonds. The van der Waals surface area contributed by atoms with Gasteiger partial charge in [-0.05, 0) is 31.5 Å². The van der Waals surface area contributed by atoms with E-state index in [4.69, 9.17) is 10.5 Å². The van der Waals surface area contributed by atoms with E-state index in [1.165, 1.54) is 0 Å². The minimum atomic E-state index is -0.120. The smallest absolute Gasteiger partial charge is 0.251 e. The first-order chi connectivity index (χ1) is 8.17. The third-order valence-electron chi connectivity index (χ3n) is 2.30. The van der Waals surface area contributed by atoms with Crippen LogP contribution in [0.15, 0.2) is 24.3 Å². The Labute approximate surface area is 102 Å². The maximum atomic E-state index is 11.8. The van der Waals surface area contributed by atoms with Gasteiger partial charge in [0.2, 0.25) is 0 Å². The van der Waals surface area contributed by atoms with Crippen LogP contribution in [0.3, 0.4) is 0 Å². The van der Waals surface area contributed by atoms with Crippen molar-refractivity contribution in [2.24, 2.45) is 5.73 Å². The number of nitrogens with two attached hydrogens (primary N) is 1. The molecular weight excluding hydrogens is 216 g/mol. The van der Waals surface area contributed by atoms with E-state index in [0.29, 0.717) is 18.7 Å². The molecule has 0 saturated carbocycles. The summed E-state index contributed by atoms with van der Waals surface area (Å²) in [4.78, 5) is 11.8. The van der Waals surface area contributed by atoms with Crippen LogP contribution in [0.2, 0.25) is 0 Å². The number of carbonyl (C=O) groups is 1. The molecular formula is C13H20N2O2. The molecule has 0 radical (unpaired) electrons. The summed E-state index contributed by atoms with van der Waals surface area (Å²) in [6.07, 6.45) is 0.945. The lowest BCUT2D eigenvalue weighted by Gasteiger charge is -2.12. The molecule has 3 N–H and O–H groups in total. The summed E-state index contributed by atoms with van der Waals surface area (Å²) >= 11 is 0. The predicted octanol–water partition coefficient (Wildman–Crippen LogP) is 1.55. The Morgan fingerprint density at radius 2 is 2.29 bits per heavy atom. The highest BCUT2D eigenvalue weighted by Gasteiger charge is 2.09. The van der Waals surface area contributed by atoms with E-state index in [1.807, 2.05) is 26.0 Å². The zero-order valence-electron chi connectivity index (χ0n) is 10.4. The molecule has 1 rings (SSSR count). The molecule has 4 nitrogen and oxygen atoms in total. The van der Waals surface area contributed by atoms with Gasteiger partial charge in [-0.25, -0.2) is 0 Å². The number of hydrogen-bond acceptors (Lipinski definition) is 3. The molecule has 0 unspecified atom stereocenters. The van der Waals surface area contributed by atoms with Crippen LogP contribution < -0.4 is 15.8 Å². The molecule has 0 saturated heterocycles. The number of hydrogen-bond donors (Lipinski definition) is 2. The lowest BCUT2D eigenvalue weighted by Crippen LogP contribution is -2.37. The molecule has 0 spiro atoms. The van der Waals surface area contributed by atoms with Crippen LogP contribution in [-0.2, 0) is 0 Å². The topological polar surface area (TPSA) is 64.3 Å². The average molecular weight is 236 g/mol. The number of nitrogens with one attached hydrogen (secondary N) is 1. The fourth-order valence-electron chi connectivity index (χ4n) is 1.31. The molecule has 94 valence electrons. The van der Waals surface area contributed by atoms with Crippen LogP contribution in [0, 0.1) is 0 Å². The fraction of sp³-hybridized carbons (Fsp3) is 0.462. The molecule has 0 aliphatic carbocycles. The van der Waals surface area contributed by atoms with Gasteiger partial charge in [-0.2, -0.15) is 0 Å². The maximum absolute atomic E-state index is 11.8. The Kier molecular flexibility index (Phi) is 5.49. The number of amides is 1. The number of carbonyl (C=O) groups excluding carboxylic acids is 1. The number of rotatable bonds is 6. The fourth-order valence-corrected chi connectivity index (χ4v) is 1.31. The van der Waals surface area contributed by atoms with E-state index in [1.54, 1.807) is 12.1 Å². The van der Waals surface area contributed by atoms with Crippen LogP contribution in [0.1, 0.15) is 30.6 Å². The molecule has 0 aromatic heterocycles. The van der Waals surface area contributed by atoms with Gasteiger partial charge in [0.05, 0.1) is 6.61 Å². The zero-order valence-corrected chi connectivity index (χ0v) is 10.4. The van der Waals surface area contributed by atoms with Gasteiger partial charge in [0, 0.05) is 18.2 Å². The highest BCUT2D eigenvalue weighted by Crippen LogP contribution is 2.13. The second-order valence-electron chi connectivity index (χ2n) is 3.99. The van der Waals surface area contributed by atoms with Gasteiger partial charge in [-0.1, -0.05) is 13.0 Å². The Morgan fingerprint density at radius 3 is 2.94 bits per heavy atom. The Morgan fingerprint density at radius 1 is 1.53 bits per heavy atom. The van der Waals surface area contributed by atoms with Crippen LogP contribution in [0.5, 0.6) is 5.75 Å². The number of ether oxygens (including phenoxy) is 1. The maximum Gasteiger partial charge on any atom is 0.251 e. The summed E-state index contributed by atoms with van der Waals surface area (Å²) < 4.78 is 5.47. The Balaban J connectivity index is 2.66. The molecule has 0 fully saturated rings. The van der Waals surface area contributed by atoms with Crippen molar-refractivity contribution in [3.63, 3.8) is 0 Å². The second kappa shape index (κ2) is 6.91. The zero-order chi connectivity index (χ0) is 12.7. The minimum Gasteiger partial charge on any atom is -0.494 e. The minimum absolute atomic E-state index is 0.0253. The van der Waals surface area contributed by atoms with E-state index >= 15 is 0 Å². The lowest BCUT2D eigenvalue weighted by atomic mass is 10.2. The van der Waals surface area contributed by atoms with Crippen molar-refractivity contribution in [3.05, 3.63) is 29.8 Å². The van der Waals surface area contributed by atoms with Gasteiger partial charge in [-0.15, -0.1) is 0 Å². The lowest BCUT2D eigenvalue weighted by molar-refractivity contribution is 0.0941. The summed E-state index contributed by atoms with van der Waals surface area (Å²) in [5, 5.41) is 2.81. The van der Waals surface area contributed by atoms with Gasteiger partial charge < -0.3 is 15.8 Å². The highest BCUT2D eigenvalue weighted by molar-refractivity contribution is 5.94. The highest BCUT2D eigenvalue weighted by atomic mass is 16.5.